The highest BCUT2D eigenvalue weighted by atomic mass is 16.5. The molecule has 0 fully saturated rings. The van der Waals surface area contributed by atoms with Crippen LogP contribution in [0.4, 0.5) is 0 Å². The van der Waals surface area contributed by atoms with Gasteiger partial charge in [-0.3, -0.25) is 4.79 Å². The number of rotatable bonds is 5. The Morgan fingerprint density at radius 2 is 1.83 bits per heavy atom. The Morgan fingerprint density at radius 3 is 2.58 bits per heavy atom. The molecule has 3 rings (SSSR count). The molecule has 1 aliphatic rings. The minimum Gasteiger partial charge on any atom is -0.481 e. The molecule has 2 aromatic carbocycles. The summed E-state index contributed by atoms with van der Waals surface area (Å²) in [6.45, 7) is 1.95. The van der Waals surface area contributed by atoms with Crippen molar-refractivity contribution in [2.45, 2.75) is 37.9 Å². The van der Waals surface area contributed by atoms with Gasteiger partial charge in [0.1, 0.15) is 5.75 Å². The summed E-state index contributed by atoms with van der Waals surface area (Å²) in [4.78, 5) is 12.2. The smallest absolute Gasteiger partial charge is 0.260 e. The molecule has 0 radical (unpaired) electrons. The van der Waals surface area contributed by atoms with E-state index in [0.29, 0.717) is 18.6 Å². The van der Waals surface area contributed by atoms with Gasteiger partial charge in [0.15, 0.2) is 6.10 Å². The second-order valence-corrected chi connectivity index (χ2v) is 6.46. The lowest BCUT2D eigenvalue weighted by atomic mass is 9.80. The summed E-state index contributed by atoms with van der Waals surface area (Å²) in [6, 6.07) is 17.4. The van der Waals surface area contributed by atoms with E-state index in [2.05, 4.69) is 11.4 Å². The predicted octanol–water partition coefficient (Wildman–Crippen LogP) is 2.49. The van der Waals surface area contributed by atoms with Gasteiger partial charge in [-0.2, -0.15) is 0 Å². The molecule has 4 nitrogen and oxygen atoms in total. The molecule has 2 aromatic rings. The van der Waals surface area contributed by atoms with Crippen LogP contribution in [-0.4, -0.2) is 29.3 Å². The zero-order valence-electron chi connectivity index (χ0n) is 13.9. The van der Waals surface area contributed by atoms with E-state index in [-0.39, 0.29) is 12.5 Å². The molecule has 1 amide bonds. The number of para-hydroxylation sites is 1. The Balaban J connectivity index is 1.54. The van der Waals surface area contributed by atoms with E-state index >= 15 is 0 Å². The number of hydrogen-bond acceptors (Lipinski definition) is 3. The van der Waals surface area contributed by atoms with Crippen molar-refractivity contribution in [2.24, 2.45) is 0 Å². The predicted molar refractivity (Wildman–Crippen MR) is 93.0 cm³/mol. The highest BCUT2D eigenvalue weighted by molar-refractivity contribution is 5.80. The van der Waals surface area contributed by atoms with Crippen LogP contribution in [0.1, 0.15) is 24.5 Å². The van der Waals surface area contributed by atoms with Crippen molar-refractivity contribution in [1.82, 2.24) is 5.32 Å². The number of ether oxygens (including phenoxy) is 1. The number of aryl methyl sites for hydroxylation is 1. The third-order valence-electron chi connectivity index (χ3n) is 4.51. The van der Waals surface area contributed by atoms with Crippen LogP contribution in [0, 0.1) is 0 Å². The average molecular weight is 325 g/mol. The number of benzene rings is 2. The van der Waals surface area contributed by atoms with Gasteiger partial charge in [-0.15, -0.1) is 0 Å². The molecule has 2 atom stereocenters. The first-order valence-corrected chi connectivity index (χ1v) is 8.34. The van der Waals surface area contributed by atoms with Crippen LogP contribution in [0.3, 0.4) is 0 Å². The molecule has 0 spiro atoms. The monoisotopic (exact) mass is 325 g/mol. The molecule has 4 heteroatoms. The molecule has 0 saturated carbocycles. The molecule has 1 aliphatic carbocycles. The van der Waals surface area contributed by atoms with Gasteiger partial charge in [-0.05, 0) is 43.0 Å². The highest BCUT2D eigenvalue weighted by Gasteiger charge is 2.32. The first-order chi connectivity index (χ1) is 11.6. The van der Waals surface area contributed by atoms with Crippen LogP contribution in [0.2, 0.25) is 0 Å². The van der Waals surface area contributed by atoms with Gasteiger partial charge < -0.3 is 15.2 Å². The van der Waals surface area contributed by atoms with Crippen molar-refractivity contribution in [1.29, 1.82) is 0 Å². The molecular formula is C20H23NO3. The van der Waals surface area contributed by atoms with Crippen LogP contribution >= 0.6 is 0 Å². The maximum absolute atomic E-state index is 12.2. The largest absolute Gasteiger partial charge is 0.481 e. The maximum atomic E-state index is 12.2. The zero-order chi connectivity index (χ0) is 17.0. The summed E-state index contributed by atoms with van der Waals surface area (Å²) >= 11 is 0. The highest BCUT2D eigenvalue weighted by Crippen LogP contribution is 2.28. The zero-order valence-corrected chi connectivity index (χ0v) is 13.9. The van der Waals surface area contributed by atoms with Crippen molar-refractivity contribution < 1.29 is 14.6 Å². The van der Waals surface area contributed by atoms with Crippen LogP contribution in [0.25, 0.3) is 0 Å². The van der Waals surface area contributed by atoms with Crippen molar-refractivity contribution in [3.05, 3.63) is 65.7 Å². The Morgan fingerprint density at radius 1 is 1.17 bits per heavy atom. The molecule has 0 bridgehead atoms. The standard InChI is InChI=1S/C20H23NO3/c1-15(24-18-9-3-2-4-10-18)19(22)21-14-20(23)12-11-16-7-5-6-8-17(16)13-20/h2-10,15,23H,11-14H2,1H3,(H,21,22). The number of carbonyl (C=O) groups is 1. The number of carbonyl (C=O) groups excluding carboxylic acids is 1. The SMILES string of the molecule is CC(Oc1ccccc1)C(=O)NCC1(O)CCc2ccccc2C1. The summed E-state index contributed by atoms with van der Waals surface area (Å²) in [7, 11) is 0. The van der Waals surface area contributed by atoms with E-state index < -0.39 is 11.7 Å². The van der Waals surface area contributed by atoms with Crippen molar-refractivity contribution in [3.8, 4) is 5.75 Å². The van der Waals surface area contributed by atoms with Crippen molar-refractivity contribution >= 4 is 5.91 Å². The van der Waals surface area contributed by atoms with Gasteiger partial charge in [0.05, 0.1) is 5.60 Å². The molecule has 0 aromatic heterocycles. The quantitative estimate of drug-likeness (QED) is 0.888. The maximum Gasteiger partial charge on any atom is 0.260 e. The second-order valence-electron chi connectivity index (χ2n) is 6.46. The van der Waals surface area contributed by atoms with E-state index in [1.165, 1.54) is 5.56 Å². The van der Waals surface area contributed by atoms with E-state index in [1.807, 2.05) is 48.5 Å². The van der Waals surface area contributed by atoms with Gasteiger partial charge in [0.25, 0.3) is 5.91 Å². The lowest BCUT2D eigenvalue weighted by molar-refractivity contribution is -0.128. The van der Waals surface area contributed by atoms with E-state index in [0.717, 1.165) is 12.0 Å². The van der Waals surface area contributed by atoms with Gasteiger partial charge in [-0.1, -0.05) is 42.5 Å². The average Bonchev–Trinajstić information content (AvgIpc) is 2.60. The number of aliphatic hydroxyl groups is 1. The summed E-state index contributed by atoms with van der Waals surface area (Å²) < 4.78 is 5.61. The van der Waals surface area contributed by atoms with E-state index in [1.54, 1.807) is 6.92 Å². The first-order valence-electron chi connectivity index (χ1n) is 8.34. The molecule has 2 N–H and O–H groups in total. The van der Waals surface area contributed by atoms with Crippen LogP contribution < -0.4 is 10.1 Å². The van der Waals surface area contributed by atoms with Gasteiger partial charge >= 0.3 is 0 Å². The third kappa shape index (κ3) is 3.95. The molecule has 24 heavy (non-hydrogen) atoms. The summed E-state index contributed by atoms with van der Waals surface area (Å²) in [5.74, 6) is 0.441. The van der Waals surface area contributed by atoms with Crippen LogP contribution in [0.15, 0.2) is 54.6 Å². The molecule has 126 valence electrons. The van der Waals surface area contributed by atoms with Gasteiger partial charge in [0, 0.05) is 13.0 Å². The molecule has 0 heterocycles. The summed E-state index contributed by atoms with van der Waals surface area (Å²) in [6.07, 6.45) is 1.45. The normalized spacial score (nSPS) is 20.8. The first kappa shape index (κ1) is 16.5. The second kappa shape index (κ2) is 7.05. The topological polar surface area (TPSA) is 58.6 Å². The number of hydrogen-bond donors (Lipinski definition) is 2. The Labute approximate surface area is 142 Å². The minimum absolute atomic E-state index is 0.217. The lowest BCUT2D eigenvalue weighted by Gasteiger charge is -2.34. The number of nitrogens with one attached hydrogen (secondary N) is 1. The molecule has 0 aliphatic heterocycles. The fourth-order valence-corrected chi connectivity index (χ4v) is 3.09. The minimum atomic E-state index is -0.892. The Hall–Kier alpha value is -2.33. The van der Waals surface area contributed by atoms with Crippen LogP contribution in [-0.2, 0) is 17.6 Å². The Kier molecular flexibility index (Phi) is 4.86. The van der Waals surface area contributed by atoms with E-state index in [9.17, 15) is 9.90 Å². The molecule has 2 unspecified atom stereocenters. The van der Waals surface area contributed by atoms with Gasteiger partial charge in [0.2, 0.25) is 0 Å². The number of fused-ring (bicyclic) bond motifs is 1. The van der Waals surface area contributed by atoms with E-state index in [4.69, 9.17) is 4.74 Å². The fourth-order valence-electron chi connectivity index (χ4n) is 3.09. The third-order valence-corrected chi connectivity index (χ3v) is 4.51. The number of amides is 1. The summed E-state index contributed by atoms with van der Waals surface area (Å²) in [5.41, 5.74) is 1.56. The molecular weight excluding hydrogens is 302 g/mol. The fraction of sp³-hybridized carbons (Fsp3) is 0.350. The lowest BCUT2D eigenvalue weighted by Crippen LogP contribution is -2.49. The molecule has 0 saturated heterocycles. The van der Waals surface area contributed by atoms with Crippen molar-refractivity contribution in [2.75, 3.05) is 6.54 Å². The van der Waals surface area contributed by atoms with Crippen LogP contribution in [0.5, 0.6) is 5.75 Å². The van der Waals surface area contributed by atoms with Gasteiger partial charge in [-0.25, -0.2) is 0 Å². The summed E-state index contributed by atoms with van der Waals surface area (Å²) in [5, 5.41) is 13.6. The Bertz CT molecular complexity index is 701. The van der Waals surface area contributed by atoms with Crippen molar-refractivity contribution in [3.63, 3.8) is 0 Å².